The van der Waals surface area contributed by atoms with Gasteiger partial charge in [0.2, 0.25) is 11.6 Å². The van der Waals surface area contributed by atoms with E-state index in [4.69, 9.17) is 16.0 Å². The third kappa shape index (κ3) is 3.84. The Morgan fingerprint density at radius 1 is 1.23 bits per heavy atom. The summed E-state index contributed by atoms with van der Waals surface area (Å²) in [5.41, 5.74) is 3.57. The summed E-state index contributed by atoms with van der Waals surface area (Å²) >= 11 is 5.98. The van der Waals surface area contributed by atoms with Crippen LogP contribution in [-0.4, -0.2) is 57.2 Å². The fourth-order valence-corrected chi connectivity index (χ4v) is 4.29. The molecule has 1 saturated heterocycles. The van der Waals surface area contributed by atoms with Gasteiger partial charge in [0.1, 0.15) is 11.1 Å². The molecule has 4 rings (SSSR count). The first kappa shape index (κ1) is 20.5. The van der Waals surface area contributed by atoms with E-state index in [-0.39, 0.29) is 17.9 Å². The molecule has 7 heteroatoms. The van der Waals surface area contributed by atoms with Gasteiger partial charge in [-0.25, -0.2) is 0 Å². The van der Waals surface area contributed by atoms with E-state index in [0.29, 0.717) is 37.6 Å². The zero-order valence-electron chi connectivity index (χ0n) is 17.5. The molecule has 2 amide bonds. The number of alkyl halides is 1. The van der Waals surface area contributed by atoms with Crippen LogP contribution in [0.4, 0.5) is 0 Å². The van der Waals surface area contributed by atoms with Crippen LogP contribution in [-0.2, 0) is 11.3 Å². The van der Waals surface area contributed by atoms with E-state index in [1.807, 2.05) is 34.6 Å². The SMILES string of the molecule is Cc1cccc(Cn2c(C(=O)N3CCN(C(=O)[C@H](C)Cl)[C@H](C)C3)cc3ccoc32)c1. The minimum atomic E-state index is -0.562. The Labute approximate surface area is 181 Å². The van der Waals surface area contributed by atoms with Crippen molar-refractivity contribution in [1.82, 2.24) is 14.4 Å². The Morgan fingerprint density at radius 2 is 2.03 bits per heavy atom. The second-order valence-electron chi connectivity index (χ2n) is 8.03. The second kappa shape index (κ2) is 8.19. The zero-order valence-corrected chi connectivity index (χ0v) is 18.2. The number of nitrogens with zero attached hydrogens (tertiary/aromatic N) is 3. The molecule has 0 bridgehead atoms. The summed E-state index contributed by atoms with van der Waals surface area (Å²) in [5, 5.41) is 0.344. The summed E-state index contributed by atoms with van der Waals surface area (Å²) < 4.78 is 7.63. The van der Waals surface area contributed by atoms with Crippen molar-refractivity contribution in [3.63, 3.8) is 0 Å². The molecule has 158 valence electrons. The molecular weight excluding hydrogens is 402 g/mol. The van der Waals surface area contributed by atoms with Gasteiger partial charge in [0.15, 0.2) is 0 Å². The number of amides is 2. The van der Waals surface area contributed by atoms with Gasteiger partial charge >= 0.3 is 0 Å². The molecule has 0 radical (unpaired) electrons. The molecule has 0 unspecified atom stereocenters. The first-order chi connectivity index (χ1) is 14.3. The predicted molar refractivity (Wildman–Crippen MR) is 117 cm³/mol. The third-order valence-electron chi connectivity index (χ3n) is 5.68. The molecule has 1 aliphatic heterocycles. The number of carbonyl (C=O) groups is 2. The highest BCUT2D eigenvalue weighted by Gasteiger charge is 2.33. The summed E-state index contributed by atoms with van der Waals surface area (Å²) in [6.45, 7) is 7.68. The molecule has 30 heavy (non-hydrogen) atoms. The molecule has 0 saturated carbocycles. The molecule has 6 nitrogen and oxygen atoms in total. The van der Waals surface area contributed by atoms with E-state index in [9.17, 15) is 9.59 Å². The summed E-state index contributed by atoms with van der Waals surface area (Å²) in [6, 6.07) is 11.9. The van der Waals surface area contributed by atoms with E-state index >= 15 is 0 Å². The Kier molecular flexibility index (Phi) is 5.60. The summed E-state index contributed by atoms with van der Waals surface area (Å²) in [4.78, 5) is 29.3. The van der Waals surface area contributed by atoms with Crippen LogP contribution in [0.2, 0.25) is 0 Å². The molecule has 0 N–H and O–H groups in total. The van der Waals surface area contributed by atoms with Gasteiger partial charge in [-0.3, -0.25) is 9.59 Å². The third-order valence-corrected chi connectivity index (χ3v) is 5.87. The van der Waals surface area contributed by atoms with Crippen LogP contribution in [0.5, 0.6) is 0 Å². The van der Waals surface area contributed by atoms with Gasteiger partial charge in [-0.2, -0.15) is 0 Å². The molecule has 3 heterocycles. The number of fused-ring (bicyclic) bond motifs is 1. The molecule has 1 aliphatic rings. The number of aromatic nitrogens is 1. The predicted octanol–water partition coefficient (Wildman–Crippen LogP) is 3.89. The van der Waals surface area contributed by atoms with Crippen molar-refractivity contribution in [2.45, 2.75) is 38.7 Å². The molecule has 2 aromatic heterocycles. The van der Waals surface area contributed by atoms with Crippen molar-refractivity contribution in [2.75, 3.05) is 19.6 Å². The van der Waals surface area contributed by atoms with Gasteiger partial charge in [0.05, 0.1) is 12.8 Å². The summed E-state index contributed by atoms with van der Waals surface area (Å²) in [5.74, 6) is -0.136. The van der Waals surface area contributed by atoms with Crippen LogP contribution in [0.1, 0.15) is 35.5 Å². The quantitative estimate of drug-likeness (QED) is 0.593. The zero-order chi connectivity index (χ0) is 21.4. The lowest BCUT2D eigenvalue weighted by Gasteiger charge is -2.40. The Balaban J connectivity index is 1.60. The van der Waals surface area contributed by atoms with Crippen molar-refractivity contribution in [3.8, 4) is 0 Å². The van der Waals surface area contributed by atoms with Crippen molar-refractivity contribution < 1.29 is 14.0 Å². The maximum absolute atomic E-state index is 13.4. The Morgan fingerprint density at radius 3 is 2.73 bits per heavy atom. The molecule has 1 fully saturated rings. The maximum atomic E-state index is 13.4. The molecule has 2 atom stereocenters. The standard InChI is InChI=1S/C23H26ClN3O3/c1-15-5-4-6-18(11-15)14-27-20(12-19-7-10-30-23(19)27)22(29)25-8-9-26(16(2)13-25)21(28)17(3)24/h4-7,10-12,16-17H,8-9,13-14H2,1-3H3/t16-,17+/m1/s1. The highest BCUT2D eigenvalue weighted by molar-refractivity contribution is 6.30. The van der Waals surface area contributed by atoms with Gasteiger partial charge in [0, 0.05) is 31.1 Å². The summed E-state index contributed by atoms with van der Waals surface area (Å²) in [7, 11) is 0. The van der Waals surface area contributed by atoms with Crippen molar-refractivity contribution in [3.05, 3.63) is 59.5 Å². The number of aryl methyl sites for hydroxylation is 1. The number of furan rings is 1. The van der Waals surface area contributed by atoms with Crippen LogP contribution < -0.4 is 0 Å². The molecule has 0 aliphatic carbocycles. The van der Waals surface area contributed by atoms with E-state index in [0.717, 1.165) is 10.9 Å². The van der Waals surface area contributed by atoms with Gasteiger partial charge in [-0.1, -0.05) is 29.8 Å². The highest BCUT2D eigenvalue weighted by atomic mass is 35.5. The van der Waals surface area contributed by atoms with E-state index in [1.165, 1.54) is 5.56 Å². The number of benzene rings is 1. The number of halogens is 1. The van der Waals surface area contributed by atoms with Crippen LogP contribution in [0.25, 0.3) is 11.1 Å². The minimum Gasteiger partial charge on any atom is -0.448 e. The fraction of sp³-hybridized carbons (Fsp3) is 0.391. The Bertz CT molecular complexity index is 1080. The van der Waals surface area contributed by atoms with E-state index in [1.54, 1.807) is 18.1 Å². The monoisotopic (exact) mass is 427 g/mol. The van der Waals surface area contributed by atoms with Gasteiger partial charge in [0.25, 0.3) is 5.91 Å². The highest BCUT2D eigenvalue weighted by Crippen LogP contribution is 2.25. The average molecular weight is 428 g/mol. The molecule has 3 aromatic rings. The smallest absolute Gasteiger partial charge is 0.270 e. The maximum Gasteiger partial charge on any atom is 0.270 e. The fourth-order valence-electron chi connectivity index (χ4n) is 4.16. The number of rotatable bonds is 4. The van der Waals surface area contributed by atoms with Gasteiger partial charge in [-0.15, -0.1) is 11.6 Å². The number of carbonyl (C=O) groups excluding carboxylic acids is 2. The lowest BCUT2D eigenvalue weighted by Crippen LogP contribution is -2.56. The normalized spacial score (nSPS) is 18.1. The first-order valence-electron chi connectivity index (χ1n) is 10.2. The van der Waals surface area contributed by atoms with Crippen molar-refractivity contribution in [2.24, 2.45) is 0 Å². The molecule has 0 spiro atoms. The van der Waals surface area contributed by atoms with Gasteiger partial charge in [-0.05, 0) is 38.5 Å². The largest absolute Gasteiger partial charge is 0.448 e. The number of piperazine rings is 1. The van der Waals surface area contributed by atoms with Crippen LogP contribution in [0.15, 0.2) is 47.1 Å². The minimum absolute atomic E-state index is 0.0491. The molecular formula is C23H26ClN3O3. The lowest BCUT2D eigenvalue weighted by atomic mass is 10.1. The lowest BCUT2D eigenvalue weighted by molar-refractivity contribution is -0.134. The van der Waals surface area contributed by atoms with Crippen molar-refractivity contribution in [1.29, 1.82) is 0 Å². The second-order valence-corrected chi connectivity index (χ2v) is 8.69. The number of hydrogen-bond donors (Lipinski definition) is 0. The van der Waals surface area contributed by atoms with Gasteiger partial charge < -0.3 is 18.8 Å². The topological polar surface area (TPSA) is 58.7 Å². The van der Waals surface area contributed by atoms with Crippen molar-refractivity contribution >= 4 is 34.5 Å². The van der Waals surface area contributed by atoms with Crippen LogP contribution in [0.3, 0.4) is 0 Å². The Hall–Kier alpha value is -2.73. The molecule has 1 aromatic carbocycles. The van der Waals surface area contributed by atoms with Crippen LogP contribution in [0, 0.1) is 6.92 Å². The van der Waals surface area contributed by atoms with E-state index in [2.05, 4.69) is 25.1 Å². The van der Waals surface area contributed by atoms with Crippen LogP contribution >= 0.6 is 11.6 Å². The average Bonchev–Trinajstić information content (AvgIpc) is 3.29. The summed E-state index contributed by atoms with van der Waals surface area (Å²) in [6.07, 6.45) is 1.64. The number of hydrogen-bond acceptors (Lipinski definition) is 3. The van der Waals surface area contributed by atoms with E-state index < -0.39 is 5.38 Å². The first-order valence-corrected chi connectivity index (χ1v) is 10.6.